The predicted octanol–water partition coefficient (Wildman–Crippen LogP) is 0.795. The SMILES string of the molecule is N=C(N)NC(=O)OCc1ccnc(N2CCC(C3CCN([SH](=O)=O)CC3)CC2)c1F. The first-order valence-electron chi connectivity index (χ1n) is 9.90. The van der Waals surface area contributed by atoms with Crippen molar-refractivity contribution in [3.8, 4) is 0 Å². The number of hydrogen-bond acceptors (Lipinski definition) is 7. The van der Waals surface area contributed by atoms with Gasteiger partial charge in [0.15, 0.2) is 17.6 Å². The number of halogens is 1. The molecule has 1 aromatic rings. The summed E-state index contributed by atoms with van der Waals surface area (Å²) in [5, 5.41) is 8.95. The van der Waals surface area contributed by atoms with Gasteiger partial charge in [0, 0.05) is 37.9 Å². The minimum Gasteiger partial charge on any atom is -0.444 e. The lowest BCUT2D eigenvalue weighted by Crippen LogP contribution is -2.41. The number of amides is 1. The lowest BCUT2D eigenvalue weighted by Gasteiger charge is -2.39. The summed E-state index contributed by atoms with van der Waals surface area (Å²) in [6.07, 6.45) is 4.10. The smallest absolute Gasteiger partial charge is 0.414 e. The topological polar surface area (TPSA) is 142 Å². The molecule has 0 saturated carbocycles. The summed E-state index contributed by atoms with van der Waals surface area (Å²) < 4.78 is 43.5. The summed E-state index contributed by atoms with van der Waals surface area (Å²) in [7, 11) is -2.49. The average Bonchev–Trinajstić information content (AvgIpc) is 2.73. The van der Waals surface area contributed by atoms with Crippen LogP contribution in [0.15, 0.2) is 12.3 Å². The number of ether oxygens (including phenoxy) is 1. The third-order valence-corrected chi connectivity index (χ3v) is 6.66. The molecule has 10 nitrogen and oxygen atoms in total. The van der Waals surface area contributed by atoms with E-state index in [4.69, 9.17) is 15.9 Å². The first kappa shape index (κ1) is 22.2. The monoisotopic (exact) mass is 442 g/mol. The lowest BCUT2D eigenvalue weighted by atomic mass is 9.79. The second kappa shape index (κ2) is 10.0. The normalized spacial score (nSPS) is 19.1. The third-order valence-electron chi connectivity index (χ3n) is 5.80. The van der Waals surface area contributed by atoms with Gasteiger partial charge in [0.1, 0.15) is 6.61 Å². The van der Waals surface area contributed by atoms with Crippen molar-refractivity contribution in [3.05, 3.63) is 23.6 Å². The van der Waals surface area contributed by atoms with Crippen LogP contribution in [0.4, 0.5) is 15.0 Å². The maximum Gasteiger partial charge on any atom is 0.414 e. The molecule has 2 aliphatic rings. The number of thiol groups is 1. The molecular weight excluding hydrogens is 415 g/mol. The van der Waals surface area contributed by atoms with Gasteiger partial charge in [0.25, 0.3) is 0 Å². The van der Waals surface area contributed by atoms with Gasteiger partial charge in [-0.25, -0.2) is 26.9 Å². The second-order valence-corrected chi connectivity index (χ2v) is 8.62. The van der Waals surface area contributed by atoms with Gasteiger partial charge in [-0.2, -0.15) is 0 Å². The number of anilines is 1. The minimum atomic E-state index is -2.49. The fourth-order valence-electron chi connectivity index (χ4n) is 4.20. The largest absolute Gasteiger partial charge is 0.444 e. The van der Waals surface area contributed by atoms with Crippen molar-refractivity contribution < 1.29 is 22.3 Å². The van der Waals surface area contributed by atoms with Crippen LogP contribution in [0.2, 0.25) is 0 Å². The minimum absolute atomic E-state index is 0.194. The summed E-state index contributed by atoms with van der Waals surface area (Å²) >= 11 is 0. The molecule has 1 amide bonds. The fraction of sp³-hybridized carbons (Fsp3) is 0.611. The Morgan fingerprint density at radius 2 is 1.83 bits per heavy atom. The van der Waals surface area contributed by atoms with E-state index in [1.54, 1.807) is 0 Å². The molecule has 3 rings (SSSR count). The Labute approximate surface area is 176 Å². The first-order chi connectivity index (χ1) is 14.3. The van der Waals surface area contributed by atoms with Gasteiger partial charge < -0.3 is 15.4 Å². The van der Waals surface area contributed by atoms with Crippen molar-refractivity contribution in [1.82, 2.24) is 14.6 Å². The molecule has 12 heteroatoms. The molecule has 2 saturated heterocycles. The zero-order valence-electron chi connectivity index (χ0n) is 16.6. The lowest BCUT2D eigenvalue weighted by molar-refractivity contribution is 0.143. The van der Waals surface area contributed by atoms with Gasteiger partial charge in [-0.05, 0) is 43.6 Å². The van der Waals surface area contributed by atoms with Crippen molar-refractivity contribution in [3.63, 3.8) is 0 Å². The van der Waals surface area contributed by atoms with Crippen LogP contribution in [0.3, 0.4) is 0 Å². The molecule has 30 heavy (non-hydrogen) atoms. The molecule has 3 heterocycles. The van der Waals surface area contributed by atoms with E-state index in [0.29, 0.717) is 38.0 Å². The van der Waals surface area contributed by atoms with Crippen LogP contribution >= 0.6 is 0 Å². The van der Waals surface area contributed by atoms with Gasteiger partial charge in [-0.1, -0.05) is 0 Å². The maximum atomic E-state index is 14.9. The van der Waals surface area contributed by atoms with Gasteiger partial charge in [0.05, 0.1) is 0 Å². The average molecular weight is 443 g/mol. The van der Waals surface area contributed by atoms with Crippen LogP contribution in [0, 0.1) is 23.1 Å². The molecule has 1 aromatic heterocycles. The van der Waals surface area contributed by atoms with Crippen LogP contribution in [-0.4, -0.2) is 55.9 Å². The van der Waals surface area contributed by atoms with E-state index in [1.165, 1.54) is 16.6 Å². The highest BCUT2D eigenvalue weighted by Crippen LogP contribution is 2.34. The van der Waals surface area contributed by atoms with Crippen LogP contribution < -0.4 is 16.0 Å². The number of hydrogen-bond donors (Lipinski definition) is 4. The number of pyridine rings is 1. The van der Waals surface area contributed by atoms with E-state index in [1.807, 2.05) is 10.2 Å². The number of alkyl carbamates (subject to hydrolysis) is 1. The molecule has 0 atom stereocenters. The summed E-state index contributed by atoms with van der Waals surface area (Å²) in [5.74, 6) is 0.151. The van der Waals surface area contributed by atoms with E-state index in [9.17, 15) is 17.6 Å². The number of piperidine rings is 2. The highest BCUT2D eigenvalue weighted by molar-refractivity contribution is 7.69. The number of guanidine groups is 1. The number of carbonyl (C=O) groups excluding carboxylic acids is 1. The molecule has 4 N–H and O–H groups in total. The van der Waals surface area contributed by atoms with E-state index in [-0.39, 0.29) is 18.0 Å². The Morgan fingerprint density at radius 3 is 2.40 bits per heavy atom. The van der Waals surface area contributed by atoms with Crippen molar-refractivity contribution in [2.75, 3.05) is 31.1 Å². The summed E-state index contributed by atoms with van der Waals surface area (Å²) in [6.45, 7) is 2.20. The Balaban J connectivity index is 1.54. The number of nitrogens with one attached hydrogen (secondary N) is 2. The molecule has 2 fully saturated rings. The molecule has 0 aliphatic carbocycles. The van der Waals surface area contributed by atoms with Gasteiger partial charge >= 0.3 is 6.09 Å². The van der Waals surface area contributed by atoms with Gasteiger partial charge in [-0.15, -0.1) is 0 Å². The molecule has 0 unspecified atom stereocenters. The van der Waals surface area contributed by atoms with Gasteiger partial charge in [-0.3, -0.25) is 10.7 Å². The molecule has 0 radical (unpaired) electrons. The third kappa shape index (κ3) is 5.57. The highest BCUT2D eigenvalue weighted by Gasteiger charge is 2.31. The van der Waals surface area contributed by atoms with Crippen molar-refractivity contribution in [2.24, 2.45) is 17.6 Å². The molecule has 0 bridgehead atoms. The van der Waals surface area contributed by atoms with Crippen LogP contribution in [0.5, 0.6) is 0 Å². The standard InChI is InChI=1S/C18H27FN6O4S/c19-15-14(11-29-18(26)23-17(20)21)1-6-22-16(15)24-7-2-12(3-8-24)13-4-9-25(10-5-13)30(27)28/h1,6,12-13,30H,2-5,7-11H2,(H4,20,21,23,26). The number of nitrogens with zero attached hydrogens (tertiary/aromatic N) is 3. The van der Waals surface area contributed by atoms with E-state index in [2.05, 4.69) is 4.98 Å². The van der Waals surface area contributed by atoms with Crippen molar-refractivity contribution in [2.45, 2.75) is 32.3 Å². The van der Waals surface area contributed by atoms with Crippen LogP contribution in [0.25, 0.3) is 0 Å². The Hall–Kier alpha value is -2.47. The summed E-state index contributed by atoms with van der Waals surface area (Å²) in [6, 6.07) is 1.45. The Kier molecular flexibility index (Phi) is 7.43. The summed E-state index contributed by atoms with van der Waals surface area (Å²) in [5.41, 5.74) is 5.24. The number of aromatic nitrogens is 1. The van der Waals surface area contributed by atoms with Crippen LogP contribution in [0.1, 0.15) is 31.2 Å². The Morgan fingerprint density at radius 1 is 1.23 bits per heavy atom. The molecule has 166 valence electrons. The quantitative estimate of drug-likeness (QED) is 0.300. The zero-order chi connectivity index (χ0) is 21.7. The number of nitrogens with two attached hydrogens (primary N) is 1. The van der Waals surface area contributed by atoms with Crippen molar-refractivity contribution >= 4 is 28.8 Å². The van der Waals surface area contributed by atoms with Crippen LogP contribution in [-0.2, 0) is 22.2 Å². The van der Waals surface area contributed by atoms with E-state index < -0.39 is 28.8 Å². The fourth-order valence-corrected chi connectivity index (χ4v) is 4.75. The van der Waals surface area contributed by atoms with Crippen molar-refractivity contribution in [1.29, 1.82) is 5.41 Å². The molecular formula is C18H27FN6O4S. The number of carbonyl (C=O) groups is 1. The second-order valence-electron chi connectivity index (χ2n) is 7.58. The van der Waals surface area contributed by atoms with Gasteiger partial charge in [0.2, 0.25) is 10.9 Å². The Bertz CT molecular complexity index is 843. The molecule has 2 aliphatic heterocycles. The summed E-state index contributed by atoms with van der Waals surface area (Å²) in [4.78, 5) is 17.5. The van der Waals surface area contributed by atoms with E-state index in [0.717, 1.165) is 25.7 Å². The molecule has 0 aromatic carbocycles. The molecule has 0 spiro atoms. The highest BCUT2D eigenvalue weighted by atomic mass is 32.2. The zero-order valence-corrected chi connectivity index (χ0v) is 17.4. The van der Waals surface area contributed by atoms with E-state index >= 15 is 0 Å². The number of rotatable bonds is 5. The maximum absolute atomic E-state index is 14.9. The predicted molar refractivity (Wildman–Crippen MR) is 109 cm³/mol. The first-order valence-corrected chi connectivity index (χ1v) is 11.0.